The summed E-state index contributed by atoms with van der Waals surface area (Å²) >= 11 is 6.00. The largest absolute Gasteiger partial charge is 0.334 e. The van der Waals surface area contributed by atoms with Crippen LogP contribution < -0.4 is 0 Å². The second-order valence-corrected chi connectivity index (χ2v) is 6.69. The maximum absolute atomic E-state index is 12.7. The Kier molecular flexibility index (Phi) is 5.63. The van der Waals surface area contributed by atoms with Crippen LogP contribution >= 0.6 is 11.6 Å². The quantitative estimate of drug-likeness (QED) is 0.667. The van der Waals surface area contributed by atoms with Crippen LogP contribution in [-0.2, 0) is 17.9 Å². The number of halogens is 1. The van der Waals surface area contributed by atoms with Gasteiger partial charge in [0.15, 0.2) is 0 Å². The van der Waals surface area contributed by atoms with Crippen LogP contribution in [0.5, 0.6) is 0 Å². The Morgan fingerprint density at radius 2 is 1.92 bits per heavy atom. The van der Waals surface area contributed by atoms with Crippen molar-refractivity contribution in [3.63, 3.8) is 0 Å². The van der Waals surface area contributed by atoms with Crippen molar-refractivity contribution in [2.24, 2.45) is 0 Å². The third kappa shape index (κ3) is 4.46. The van der Waals surface area contributed by atoms with E-state index in [4.69, 9.17) is 11.6 Å². The van der Waals surface area contributed by atoms with Gasteiger partial charge in [0.1, 0.15) is 6.54 Å². The van der Waals surface area contributed by atoms with Gasteiger partial charge >= 0.3 is 0 Å². The van der Waals surface area contributed by atoms with E-state index in [1.54, 1.807) is 17.0 Å². The molecule has 0 unspecified atom stereocenters. The number of nitrogens with zero attached hydrogens (tertiary/aromatic N) is 5. The van der Waals surface area contributed by atoms with Gasteiger partial charge in [0.2, 0.25) is 11.7 Å². The van der Waals surface area contributed by atoms with Gasteiger partial charge in [0.05, 0.1) is 0 Å². The SMILES string of the molecule is CC(C)N(Cc1ccccc1)C(=O)Cn1nnc(-c2cccc(Cl)c2)n1. The fourth-order valence-electron chi connectivity index (χ4n) is 2.60. The number of benzene rings is 2. The van der Waals surface area contributed by atoms with Gasteiger partial charge in [-0.3, -0.25) is 4.79 Å². The van der Waals surface area contributed by atoms with E-state index in [0.717, 1.165) is 11.1 Å². The van der Waals surface area contributed by atoms with Crippen molar-refractivity contribution in [3.05, 3.63) is 65.2 Å². The fourth-order valence-corrected chi connectivity index (χ4v) is 2.79. The average Bonchev–Trinajstić information content (AvgIpc) is 3.08. The number of carbonyl (C=O) groups is 1. The Morgan fingerprint density at radius 3 is 2.62 bits per heavy atom. The molecule has 0 bridgehead atoms. The summed E-state index contributed by atoms with van der Waals surface area (Å²) in [7, 11) is 0. The molecule has 0 radical (unpaired) electrons. The van der Waals surface area contributed by atoms with E-state index < -0.39 is 0 Å². The van der Waals surface area contributed by atoms with Gasteiger partial charge in [0, 0.05) is 23.2 Å². The summed E-state index contributed by atoms with van der Waals surface area (Å²) in [6.07, 6.45) is 0. The number of rotatable bonds is 6. The van der Waals surface area contributed by atoms with Gasteiger partial charge in [-0.2, -0.15) is 4.80 Å². The van der Waals surface area contributed by atoms with Crippen LogP contribution in [0.2, 0.25) is 5.02 Å². The highest BCUT2D eigenvalue weighted by molar-refractivity contribution is 6.30. The first kappa shape index (κ1) is 18.1. The van der Waals surface area contributed by atoms with E-state index in [0.29, 0.717) is 17.4 Å². The third-order valence-corrected chi connectivity index (χ3v) is 4.19. The molecule has 26 heavy (non-hydrogen) atoms. The summed E-state index contributed by atoms with van der Waals surface area (Å²) in [6.45, 7) is 4.58. The Bertz CT molecular complexity index is 878. The Hall–Kier alpha value is -2.73. The first-order valence-corrected chi connectivity index (χ1v) is 8.78. The van der Waals surface area contributed by atoms with Crippen molar-refractivity contribution in [2.75, 3.05) is 0 Å². The van der Waals surface area contributed by atoms with Crippen LogP contribution in [0.1, 0.15) is 19.4 Å². The molecule has 2 aromatic carbocycles. The predicted molar refractivity (Wildman–Crippen MR) is 100 cm³/mol. The topological polar surface area (TPSA) is 63.9 Å². The third-order valence-electron chi connectivity index (χ3n) is 3.95. The van der Waals surface area contributed by atoms with Gasteiger partial charge in [0.25, 0.3) is 0 Å². The standard InChI is InChI=1S/C19H20ClN5O/c1-14(2)24(12-15-7-4-3-5-8-15)18(26)13-25-22-19(21-23-25)16-9-6-10-17(20)11-16/h3-11,14H,12-13H2,1-2H3. The van der Waals surface area contributed by atoms with E-state index in [1.165, 1.54) is 4.80 Å². The van der Waals surface area contributed by atoms with Gasteiger partial charge in [-0.1, -0.05) is 54.1 Å². The summed E-state index contributed by atoms with van der Waals surface area (Å²) in [4.78, 5) is 15.9. The van der Waals surface area contributed by atoms with Crippen molar-refractivity contribution in [3.8, 4) is 11.4 Å². The minimum absolute atomic E-state index is 0.0403. The molecule has 0 atom stereocenters. The van der Waals surface area contributed by atoms with Crippen LogP contribution in [0.4, 0.5) is 0 Å². The molecule has 0 aliphatic rings. The monoisotopic (exact) mass is 369 g/mol. The lowest BCUT2D eigenvalue weighted by Gasteiger charge is -2.26. The second-order valence-electron chi connectivity index (χ2n) is 6.25. The highest BCUT2D eigenvalue weighted by Crippen LogP contribution is 2.18. The van der Waals surface area contributed by atoms with E-state index in [-0.39, 0.29) is 18.5 Å². The summed E-state index contributed by atoms with van der Waals surface area (Å²) < 4.78 is 0. The molecule has 6 nitrogen and oxygen atoms in total. The summed E-state index contributed by atoms with van der Waals surface area (Å²) in [6, 6.07) is 17.2. The molecule has 134 valence electrons. The molecule has 1 heterocycles. The lowest BCUT2D eigenvalue weighted by atomic mass is 10.2. The van der Waals surface area contributed by atoms with Crippen LogP contribution in [0.3, 0.4) is 0 Å². The smallest absolute Gasteiger partial charge is 0.246 e. The predicted octanol–water partition coefficient (Wildman–Crippen LogP) is 3.43. The van der Waals surface area contributed by atoms with Gasteiger partial charge in [-0.15, -0.1) is 10.2 Å². The Balaban J connectivity index is 1.72. The molecule has 0 spiro atoms. The van der Waals surface area contributed by atoms with Crippen LogP contribution in [0.15, 0.2) is 54.6 Å². The lowest BCUT2D eigenvalue weighted by molar-refractivity contribution is -0.134. The van der Waals surface area contributed by atoms with Gasteiger partial charge in [-0.25, -0.2) is 0 Å². The molecule has 0 saturated carbocycles. The Labute approximate surface area is 157 Å². The molecule has 3 rings (SSSR count). The Morgan fingerprint density at radius 1 is 1.15 bits per heavy atom. The van der Waals surface area contributed by atoms with Gasteiger partial charge in [-0.05, 0) is 36.8 Å². The first-order chi connectivity index (χ1) is 12.5. The van der Waals surface area contributed by atoms with Crippen molar-refractivity contribution in [2.45, 2.75) is 33.0 Å². The molecular formula is C19H20ClN5O. The molecule has 0 aliphatic carbocycles. The van der Waals surface area contributed by atoms with Crippen molar-refractivity contribution >= 4 is 17.5 Å². The number of hydrogen-bond acceptors (Lipinski definition) is 4. The summed E-state index contributed by atoms with van der Waals surface area (Å²) in [5.41, 5.74) is 1.85. The maximum atomic E-state index is 12.7. The highest BCUT2D eigenvalue weighted by atomic mass is 35.5. The van der Waals surface area contributed by atoms with Crippen molar-refractivity contribution < 1.29 is 4.79 Å². The minimum Gasteiger partial charge on any atom is -0.334 e. The lowest BCUT2D eigenvalue weighted by Crippen LogP contribution is -2.39. The molecule has 3 aromatic rings. The number of hydrogen-bond donors (Lipinski definition) is 0. The maximum Gasteiger partial charge on any atom is 0.246 e. The molecule has 0 N–H and O–H groups in total. The fraction of sp³-hybridized carbons (Fsp3) is 0.263. The van der Waals surface area contributed by atoms with Crippen molar-refractivity contribution in [1.82, 2.24) is 25.1 Å². The number of aromatic nitrogens is 4. The zero-order chi connectivity index (χ0) is 18.5. The molecule has 0 saturated heterocycles. The van der Waals surface area contributed by atoms with E-state index in [1.807, 2.05) is 56.3 Å². The van der Waals surface area contributed by atoms with E-state index >= 15 is 0 Å². The highest BCUT2D eigenvalue weighted by Gasteiger charge is 2.19. The zero-order valence-corrected chi connectivity index (χ0v) is 15.5. The van der Waals surface area contributed by atoms with Crippen LogP contribution in [0.25, 0.3) is 11.4 Å². The van der Waals surface area contributed by atoms with E-state index in [2.05, 4.69) is 15.4 Å². The van der Waals surface area contributed by atoms with Crippen LogP contribution in [0, 0.1) is 0 Å². The molecule has 0 aliphatic heterocycles. The summed E-state index contributed by atoms with van der Waals surface area (Å²) in [5, 5.41) is 12.9. The summed E-state index contributed by atoms with van der Waals surface area (Å²) in [5.74, 6) is 0.387. The molecule has 1 aromatic heterocycles. The van der Waals surface area contributed by atoms with Crippen LogP contribution in [-0.4, -0.2) is 37.1 Å². The number of amides is 1. The van der Waals surface area contributed by atoms with Gasteiger partial charge < -0.3 is 4.90 Å². The zero-order valence-electron chi connectivity index (χ0n) is 14.7. The number of carbonyl (C=O) groups excluding carboxylic acids is 1. The van der Waals surface area contributed by atoms with Crippen molar-refractivity contribution in [1.29, 1.82) is 0 Å². The normalized spacial score (nSPS) is 10.9. The average molecular weight is 370 g/mol. The van der Waals surface area contributed by atoms with E-state index in [9.17, 15) is 4.79 Å². The molecule has 1 amide bonds. The first-order valence-electron chi connectivity index (χ1n) is 8.40. The number of tetrazole rings is 1. The minimum atomic E-state index is -0.0566. The second kappa shape index (κ2) is 8.10. The molecular weight excluding hydrogens is 350 g/mol. The molecule has 7 heteroatoms. The molecule has 0 fully saturated rings.